The molecule has 0 spiro atoms. The minimum absolute atomic E-state index is 0.304. The summed E-state index contributed by atoms with van der Waals surface area (Å²) in [6.45, 7) is 7.37. The highest BCUT2D eigenvalue weighted by atomic mass is 32.2. The number of nitrogens with one attached hydrogen (secondary N) is 1. The normalized spacial score (nSPS) is 13.4. The van der Waals surface area contributed by atoms with Gasteiger partial charge in [-0.3, -0.25) is 4.90 Å². The number of anilines is 2. The Bertz CT molecular complexity index is 991. The van der Waals surface area contributed by atoms with Gasteiger partial charge in [0.1, 0.15) is 5.82 Å². The Kier molecular flexibility index (Phi) is 8.88. The molecule has 0 aliphatic carbocycles. The van der Waals surface area contributed by atoms with E-state index in [4.69, 9.17) is 0 Å². The van der Waals surface area contributed by atoms with E-state index >= 15 is 0 Å². The van der Waals surface area contributed by atoms with Crippen LogP contribution in [0.5, 0.6) is 0 Å². The molecule has 3 heterocycles. The highest BCUT2D eigenvalue weighted by Gasteiger charge is 2.13. The average Bonchev–Trinajstić information content (AvgIpc) is 3.29. The molecule has 32 heavy (non-hydrogen) atoms. The molecule has 0 atom stereocenters. The van der Waals surface area contributed by atoms with Crippen molar-refractivity contribution in [3.63, 3.8) is 0 Å². The summed E-state index contributed by atoms with van der Waals surface area (Å²) in [6, 6.07) is 16.4. The number of benzene rings is 1. The molecule has 1 N–H and O–H groups in total. The van der Waals surface area contributed by atoms with E-state index in [-0.39, 0.29) is 5.82 Å². The number of likely N-dealkylation sites (tertiary alicyclic amines) is 1. The molecule has 0 unspecified atom stereocenters. The molecule has 1 saturated heterocycles. The van der Waals surface area contributed by atoms with Crippen molar-refractivity contribution < 1.29 is 4.39 Å². The summed E-state index contributed by atoms with van der Waals surface area (Å²) < 4.78 is 17.2. The molecule has 0 amide bonds. The second kappa shape index (κ2) is 11.8. The fraction of sp³-hybridized carbons (Fsp3) is 0.360. The first kappa shape index (κ1) is 24.0. The molecule has 0 bridgehead atoms. The number of nitrogens with zero attached hydrogens (tertiary/aromatic N) is 4. The number of hydrogen-bond donors (Lipinski definition) is 1. The molecule has 2 aromatic heterocycles. The first-order chi connectivity index (χ1) is 15.4. The molecule has 3 aromatic rings. The van der Waals surface area contributed by atoms with Gasteiger partial charge in [-0.15, -0.1) is 0 Å². The van der Waals surface area contributed by atoms with Gasteiger partial charge in [0.15, 0.2) is 10.8 Å². The monoisotopic (exact) mass is 453 g/mol. The zero-order valence-corrected chi connectivity index (χ0v) is 20.1. The van der Waals surface area contributed by atoms with Crippen LogP contribution in [-0.2, 0) is 6.54 Å². The third-order valence-corrected chi connectivity index (χ3v) is 6.06. The molecule has 5 nitrogen and oxygen atoms in total. The van der Waals surface area contributed by atoms with Gasteiger partial charge in [0.25, 0.3) is 0 Å². The molecular weight excluding hydrogens is 421 g/mol. The van der Waals surface area contributed by atoms with E-state index in [1.54, 1.807) is 13.1 Å². The zero-order chi connectivity index (χ0) is 22.9. The molecular formula is C25H32FN5S. The predicted octanol–water partition coefficient (Wildman–Crippen LogP) is 5.70. The lowest BCUT2D eigenvalue weighted by atomic mass is 10.2. The van der Waals surface area contributed by atoms with Crippen LogP contribution in [0.25, 0.3) is 0 Å². The highest BCUT2D eigenvalue weighted by Crippen LogP contribution is 2.27. The minimum Gasteiger partial charge on any atom is -0.376 e. The quantitative estimate of drug-likeness (QED) is 0.483. The summed E-state index contributed by atoms with van der Waals surface area (Å²) in [5, 5.41) is 0.316. The van der Waals surface area contributed by atoms with Crippen LogP contribution in [0.15, 0.2) is 59.8 Å². The second-order valence-corrected chi connectivity index (χ2v) is 8.91. The van der Waals surface area contributed by atoms with Gasteiger partial charge >= 0.3 is 0 Å². The maximum absolute atomic E-state index is 14.2. The molecule has 7 heteroatoms. The molecule has 1 aromatic carbocycles. The molecule has 1 aliphatic heterocycles. The zero-order valence-electron chi connectivity index (χ0n) is 19.3. The van der Waals surface area contributed by atoms with Crippen molar-refractivity contribution in [1.82, 2.24) is 14.9 Å². The van der Waals surface area contributed by atoms with Crippen LogP contribution in [0.1, 0.15) is 29.7 Å². The van der Waals surface area contributed by atoms with Crippen LogP contribution in [0, 0.1) is 19.7 Å². The Labute approximate surface area is 195 Å². The summed E-state index contributed by atoms with van der Waals surface area (Å²) in [4.78, 5) is 12.8. The van der Waals surface area contributed by atoms with E-state index in [1.807, 2.05) is 44.1 Å². The van der Waals surface area contributed by atoms with Gasteiger partial charge in [0, 0.05) is 43.8 Å². The van der Waals surface area contributed by atoms with Gasteiger partial charge in [-0.05, 0) is 57.5 Å². The van der Waals surface area contributed by atoms with Crippen molar-refractivity contribution in [3.05, 3.63) is 77.4 Å². The number of aryl methyl sites for hydroxylation is 1. The van der Waals surface area contributed by atoms with E-state index in [0.29, 0.717) is 16.4 Å². The van der Waals surface area contributed by atoms with E-state index in [0.717, 1.165) is 29.9 Å². The van der Waals surface area contributed by atoms with Crippen molar-refractivity contribution in [1.29, 1.82) is 0 Å². The summed E-state index contributed by atoms with van der Waals surface area (Å²) in [7, 11) is 3.73. The minimum atomic E-state index is -0.304. The van der Waals surface area contributed by atoms with Crippen molar-refractivity contribution in [2.45, 2.75) is 38.3 Å². The van der Waals surface area contributed by atoms with Crippen molar-refractivity contribution in [2.75, 3.05) is 36.8 Å². The lowest BCUT2D eigenvalue weighted by Crippen LogP contribution is -2.18. The first-order valence-electron chi connectivity index (χ1n) is 10.9. The Morgan fingerprint density at radius 2 is 1.75 bits per heavy atom. The topological polar surface area (TPSA) is 44.3 Å². The Balaban J connectivity index is 0.000000204. The SMILES string of the molecule is Cc1cccc(NSc2ncc(N(C)C)c(C)c2F)n1.c1ccc(CN2CCCC2)cc1. The van der Waals surface area contributed by atoms with Crippen molar-refractivity contribution in [2.24, 2.45) is 0 Å². The van der Waals surface area contributed by atoms with E-state index < -0.39 is 0 Å². The number of hydrogen-bond acceptors (Lipinski definition) is 6. The van der Waals surface area contributed by atoms with Crippen LogP contribution < -0.4 is 9.62 Å². The molecule has 1 aliphatic rings. The fourth-order valence-electron chi connectivity index (χ4n) is 3.55. The second-order valence-electron chi connectivity index (χ2n) is 8.12. The highest BCUT2D eigenvalue weighted by molar-refractivity contribution is 8.00. The largest absolute Gasteiger partial charge is 0.376 e. The maximum Gasteiger partial charge on any atom is 0.162 e. The van der Waals surface area contributed by atoms with E-state index in [1.165, 1.54) is 31.5 Å². The molecule has 4 rings (SSSR count). The Hall–Kier alpha value is -2.64. The third-order valence-electron chi connectivity index (χ3n) is 5.28. The van der Waals surface area contributed by atoms with Gasteiger partial charge in [0.2, 0.25) is 0 Å². The number of rotatable bonds is 6. The van der Waals surface area contributed by atoms with Gasteiger partial charge in [0.05, 0.1) is 11.9 Å². The van der Waals surface area contributed by atoms with E-state index in [9.17, 15) is 4.39 Å². The summed E-state index contributed by atoms with van der Waals surface area (Å²) in [5.74, 6) is 0.381. The standard InChI is InChI=1S/C14H17FN4S.C11H15N/c1-9-6-5-7-12(17-9)18-20-14-13(15)10(2)11(8-16-14)19(3)4;1-2-6-11(7-3-1)10-12-8-4-5-9-12/h5-8H,1-4H3,(H,17,18);1-3,6-7H,4-5,8-10H2. The molecule has 170 valence electrons. The average molecular weight is 454 g/mol. The number of aromatic nitrogens is 2. The smallest absolute Gasteiger partial charge is 0.162 e. The van der Waals surface area contributed by atoms with Crippen LogP contribution in [0.4, 0.5) is 15.9 Å². The van der Waals surface area contributed by atoms with Crippen LogP contribution in [-0.4, -0.2) is 42.1 Å². The van der Waals surface area contributed by atoms with Crippen LogP contribution in [0.3, 0.4) is 0 Å². The fourth-order valence-corrected chi connectivity index (χ4v) is 4.21. The predicted molar refractivity (Wildman–Crippen MR) is 133 cm³/mol. The summed E-state index contributed by atoms with van der Waals surface area (Å²) in [5.41, 5.74) is 3.72. The summed E-state index contributed by atoms with van der Waals surface area (Å²) >= 11 is 1.13. The Morgan fingerprint density at radius 3 is 2.41 bits per heavy atom. The number of halogens is 1. The third kappa shape index (κ3) is 6.93. The van der Waals surface area contributed by atoms with Crippen molar-refractivity contribution >= 4 is 23.5 Å². The van der Waals surface area contributed by atoms with Gasteiger partial charge in [-0.2, -0.15) is 0 Å². The lowest BCUT2D eigenvalue weighted by Gasteiger charge is -2.16. The van der Waals surface area contributed by atoms with Crippen LogP contribution in [0.2, 0.25) is 0 Å². The lowest BCUT2D eigenvalue weighted by molar-refractivity contribution is 0.331. The maximum atomic E-state index is 14.2. The molecule has 0 saturated carbocycles. The van der Waals surface area contributed by atoms with Crippen molar-refractivity contribution in [3.8, 4) is 0 Å². The van der Waals surface area contributed by atoms with Gasteiger partial charge < -0.3 is 9.62 Å². The molecule has 0 radical (unpaired) electrons. The van der Waals surface area contributed by atoms with Gasteiger partial charge in [-0.25, -0.2) is 14.4 Å². The Morgan fingerprint density at radius 1 is 1.03 bits per heavy atom. The first-order valence-corrected chi connectivity index (χ1v) is 11.7. The molecule has 1 fully saturated rings. The van der Waals surface area contributed by atoms with Crippen LogP contribution >= 0.6 is 11.9 Å². The number of pyridine rings is 2. The van der Waals surface area contributed by atoms with Gasteiger partial charge in [-0.1, -0.05) is 36.4 Å². The van der Waals surface area contributed by atoms with E-state index in [2.05, 4.69) is 49.9 Å². The summed E-state index contributed by atoms with van der Waals surface area (Å²) in [6.07, 6.45) is 4.44.